The van der Waals surface area contributed by atoms with Crippen molar-refractivity contribution in [2.24, 2.45) is 0 Å². The second-order valence-electron chi connectivity index (χ2n) is 5.21. The van der Waals surface area contributed by atoms with Crippen LogP contribution in [0.15, 0.2) is 42.7 Å². The Kier molecular flexibility index (Phi) is 2.85. The summed E-state index contributed by atoms with van der Waals surface area (Å²) >= 11 is 0. The Hall–Kier alpha value is -2.10. The second kappa shape index (κ2) is 4.53. The van der Waals surface area contributed by atoms with Gasteiger partial charge in [-0.1, -0.05) is 24.6 Å². The Labute approximate surface area is 111 Å². The average molecular weight is 256 g/mol. The monoisotopic (exact) mass is 256 g/mol. The number of carbonyl (C=O) groups is 1. The summed E-state index contributed by atoms with van der Waals surface area (Å²) in [5.74, 6) is -0.729. The van der Waals surface area contributed by atoms with Gasteiger partial charge in [0.1, 0.15) is 0 Å². The zero-order valence-electron chi connectivity index (χ0n) is 10.6. The van der Waals surface area contributed by atoms with Crippen molar-refractivity contribution in [3.05, 3.63) is 48.3 Å². The van der Waals surface area contributed by atoms with E-state index in [0.29, 0.717) is 0 Å². The minimum atomic E-state index is -0.729. The second-order valence-corrected chi connectivity index (χ2v) is 5.21. The van der Waals surface area contributed by atoms with Gasteiger partial charge in [-0.3, -0.25) is 4.79 Å². The van der Waals surface area contributed by atoms with E-state index in [1.54, 1.807) is 0 Å². The van der Waals surface area contributed by atoms with E-state index in [0.717, 1.165) is 30.5 Å². The Morgan fingerprint density at radius 1 is 1.32 bits per heavy atom. The van der Waals surface area contributed by atoms with Gasteiger partial charge in [-0.15, -0.1) is 0 Å². The number of nitrogens with zero attached hydrogens (tertiary/aromatic N) is 2. The smallest absolute Gasteiger partial charge is 0.304 e. The molecule has 4 nitrogen and oxygen atoms in total. The van der Waals surface area contributed by atoms with Crippen LogP contribution in [0, 0.1) is 0 Å². The number of carboxylic acid groups (broad SMARTS) is 1. The summed E-state index contributed by atoms with van der Waals surface area (Å²) in [6.45, 7) is 0. The van der Waals surface area contributed by atoms with E-state index < -0.39 is 5.97 Å². The predicted molar refractivity (Wildman–Crippen MR) is 71.3 cm³/mol. The molecule has 1 fully saturated rings. The summed E-state index contributed by atoms with van der Waals surface area (Å²) < 4.78 is 1.82. The maximum absolute atomic E-state index is 11.0. The topological polar surface area (TPSA) is 55.1 Å². The first-order valence-electron chi connectivity index (χ1n) is 6.52. The minimum absolute atomic E-state index is 0.196. The molecule has 98 valence electrons. The molecular formula is C15H16N2O2. The molecule has 3 rings (SSSR count). The molecule has 0 atom stereocenters. The molecule has 0 amide bonds. The standard InChI is InChI=1S/C15H16N2O2/c18-14(19)9-15(7-4-8-15)12-10-16-17(11-12)13-5-2-1-3-6-13/h1-3,5-6,10-11H,4,7-9H2,(H,18,19). The quantitative estimate of drug-likeness (QED) is 0.915. The summed E-state index contributed by atoms with van der Waals surface area (Å²) in [6, 6.07) is 9.87. The molecule has 0 saturated heterocycles. The van der Waals surface area contributed by atoms with Crippen LogP contribution in [0.25, 0.3) is 5.69 Å². The highest BCUT2D eigenvalue weighted by molar-refractivity contribution is 5.69. The van der Waals surface area contributed by atoms with Gasteiger partial charge in [0.05, 0.1) is 18.3 Å². The maximum atomic E-state index is 11.0. The Morgan fingerprint density at radius 3 is 2.63 bits per heavy atom. The summed E-state index contributed by atoms with van der Waals surface area (Å²) in [7, 11) is 0. The van der Waals surface area contributed by atoms with Crippen LogP contribution < -0.4 is 0 Å². The Balaban J connectivity index is 1.90. The molecule has 1 heterocycles. The molecule has 4 heteroatoms. The number of rotatable bonds is 4. The summed E-state index contributed by atoms with van der Waals surface area (Å²) in [4.78, 5) is 11.0. The molecule has 0 unspecified atom stereocenters. The van der Waals surface area contributed by atoms with Gasteiger partial charge in [-0.05, 0) is 30.5 Å². The van der Waals surface area contributed by atoms with Gasteiger partial charge in [0.25, 0.3) is 0 Å². The zero-order valence-corrected chi connectivity index (χ0v) is 10.6. The fraction of sp³-hybridized carbons (Fsp3) is 0.333. The molecule has 1 aliphatic carbocycles. The predicted octanol–water partition coefficient (Wildman–Crippen LogP) is 2.77. The maximum Gasteiger partial charge on any atom is 0.304 e. The molecule has 1 aromatic heterocycles. The molecule has 1 aliphatic rings. The molecule has 0 aliphatic heterocycles. The first-order chi connectivity index (χ1) is 9.20. The molecule has 0 spiro atoms. The third-order valence-corrected chi connectivity index (χ3v) is 4.02. The van der Waals surface area contributed by atoms with E-state index in [-0.39, 0.29) is 11.8 Å². The molecule has 2 aromatic rings. The molecule has 0 bridgehead atoms. The fourth-order valence-electron chi connectivity index (χ4n) is 2.78. The van der Waals surface area contributed by atoms with Gasteiger partial charge >= 0.3 is 5.97 Å². The molecule has 1 aromatic carbocycles. The molecule has 1 saturated carbocycles. The highest BCUT2D eigenvalue weighted by Crippen LogP contribution is 2.46. The number of hydrogen-bond acceptors (Lipinski definition) is 2. The van der Waals surface area contributed by atoms with Crippen molar-refractivity contribution in [1.29, 1.82) is 0 Å². The van der Waals surface area contributed by atoms with Crippen LogP contribution in [0.1, 0.15) is 31.2 Å². The lowest BCUT2D eigenvalue weighted by atomic mass is 9.63. The van der Waals surface area contributed by atoms with Crippen molar-refractivity contribution < 1.29 is 9.90 Å². The summed E-state index contributed by atoms with van der Waals surface area (Å²) in [5, 5.41) is 13.4. The van der Waals surface area contributed by atoms with E-state index in [1.165, 1.54) is 0 Å². The number of benzene rings is 1. The van der Waals surface area contributed by atoms with Crippen molar-refractivity contribution in [2.75, 3.05) is 0 Å². The van der Waals surface area contributed by atoms with Gasteiger partial charge in [0, 0.05) is 11.6 Å². The van der Waals surface area contributed by atoms with E-state index in [2.05, 4.69) is 5.10 Å². The Bertz CT molecular complexity index is 585. The van der Waals surface area contributed by atoms with Crippen molar-refractivity contribution in [2.45, 2.75) is 31.1 Å². The molecule has 0 radical (unpaired) electrons. The highest BCUT2D eigenvalue weighted by Gasteiger charge is 2.41. The van der Waals surface area contributed by atoms with Crippen molar-refractivity contribution in [3.8, 4) is 5.69 Å². The van der Waals surface area contributed by atoms with Gasteiger partial charge in [-0.2, -0.15) is 5.10 Å². The van der Waals surface area contributed by atoms with Crippen molar-refractivity contribution in [3.63, 3.8) is 0 Å². The summed E-state index contributed by atoms with van der Waals surface area (Å²) in [5.41, 5.74) is 1.85. The van der Waals surface area contributed by atoms with E-state index in [9.17, 15) is 4.79 Å². The van der Waals surface area contributed by atoms with Crippen molar-refractivity contribution in [1.82, 2.24) is 9.78 Å². The van der Waals surface area contributed by atoms with Crippen LogP contribution in [0.3, 0.4) is 0 Å². The Morgan fingerprint density at radius 2 is 2.05 bits per heavy atom. The largest absolute Gasteiger partial charge is 0.481 e. The third-order valence-electron chi connectivity index (χ3n) is 4.02. The number of carboxylic acids is 1. The lowest BCUT2D eigenvalue weighted by Gasteiger charge is -2.40. The molecule has 1 N–H and O–H groups in total. The normalized spacial score (nSPS) is 16.8. The fourth-order valence-corrected chi connectivity index (χ4v) is 2.78. The number of para-hydroxylation sites is 1. The first kappa shape index (κ1) is 12.0. The number of aliphatic carboxylic acids is 1. The highest BCUT2D eigenvalue weighted by atomic mass is 16.4. The van der Waals surface area contributed by atoms with E-state index >= 15 is 0 Å². The lowest BCUT2D eigenvalue weighted by Crippen LogP contribution is -2.36. The van der Waals surface area contributed by atoms with Gasteiger partial charge in [-0.25, -0.2) is 4.68 Å². The SMILES string of the molecule is O=C(O)CC1(c2cnn(-c3ccccc3)c2)CCC1. The van der Waals surface area contributed by atoms with Crippen LogP contribution in [-0.2, 0) is 10.2 Å². The van der Waals surface area contributed by atoms with Crippen LogP contribution in [-0.4, -0.2) is 20.9 Å². The zero-order chi connectivity index (χ0) is 13.3. The van der Waals surface area contributed by atoms with E-state index in [1.807, 2.05) is 47.4 Å². The minimum Gasteiger partial charge on any atom is -0.481 e. The van der Waals surface area contributed by atoms with Gasteiger partial charge < -0.3 is 5.11 Å². The first-order valence-corrected chi connectivity index (χ1v) is 6.52. The van der Waals surface area contributed by atoms with Gasteiger partial charge in [0.2, 0.25) is 0 Å². The van der Waals surface area contributed by atoms with Gasteiger partial charge in [0.15, 0.2) is 0 Å². The third kappa shape index (κ3) is 2.14. The van der Waals surface area contributed by atoms with Crippen LogP contribution in [0.2, 0.25) is 0 Å². The van der Waals surface area contributed by atoms with Crippen LogP contribution in [0.4, 0.5) is 0 Å². The average Bonchev–Trinajstić information content (AvgIpc) is 2.84. The van der Waals surface area contributed by atoms with Crippen LogP contribution >= 0.6 is 0 Å². The molecular weight excluding hydrogens is 240 g/mol. The number of aromatic nitrogens is 2. The number of hydrogen-bond donors (Lipinski definition) is 1. The van der Waals surface area contributed by atoms with E-state index in [4.69, 9.17) is 5.11 Å². The van der Waals surface area contributed by atoms with Crippen molar-refractivity contribution >= 4 is 5.97 Å². The lowest BCUT2D eigenvalue weighted by molar-refractivity contribution is -0.139. The summed E-state index contributed by atoms with van der Waals surface area (Å²) in [6.07, 6.45) is 6.98. The van der Waals surface area contributed by atoms with Crippen LogP contribution in [0.5, 0.6) is 0 Å². The molecule has 19 heavy (non-hydrogen) atoms.